The molecule has 0 saturated carbocycles. The highest BCUT2D eigenvalue weighted by Gasteiger charge is 2.14. The van der Waals surface area contributed by atoms with E-state index in [0.717, 1.165) is 20.9 Å². The number of hydrogen-bond donors (Lipinski definition) is 2. The van der Waals surface area contributed by atoms with Crippen LogP contribution < -0.4 is 11.0 Å². The topological polar surface area (TPSA) is 92.1 Å². The smallest absolute Gasteiger partial charge is 0.266 e. The summed E-state index contributed by atoms with van der Waals surface area (Å²) in [7, 11) is 0. The van der Waals surface area contributed by atoms with E-state index in [4.69, 9.17) is 0 Å². The van der Waals surface area contributed by atoms with Crippen LogP contribution in [0.3, 0.4) is 0 Å². The summed E-state index contributed by atoms with van der Waals surface area (Å²) in [5.41, 5.74) is 5.50. The van der Waals surface area contributed by atoms with E-state index in [9.17, 15) is 9.59 Å². The van der Waals surface area contributed by atoms with Gasteiger partial charge in [-0.3, -0.25) is 14.2 Å². The van der Waals surface area contributed by atoms with Crippen LogP contribution in [0.1, 0.15) is 5.56 Å². The fraction of sp³-hybridized carbons (Fsp3) is 0.0400. The maximum atomic E-state index is 13.3. The summed E-state index contributed by atoms with van der Waals surface area (Å²) in [4.78, 5) is 33.6. The molecule has 0 spiro atoms. The second kappa shape index (κ2) is 9.66. The van der Waals surface area contributed by atoms with Crippen LogP contribution in [-0.4, -0.2) is 32.4 Å². The average molecular weight is 532 g/mol. The Morgan fingerprint density at radius 1 is 1.06 bits per heavy atom. The van der Waals surface area contributed by atoms with Gasteiger partial charge in [-0.1, -0.05) is 58.0 Å². The van der Waals surface area contributed by atoms with Crippen molar-refractivity contribution < 1.29 is 4.79 Å². The minimum atomic E-state index is -0.300. The van der Waals surface area contributed by atoms with Crippen molar-refractivity contribution in [2.24, 2.45) is 5.10 Å². The van der Waals surface area contributed by atoms with Gasteiger partial charge in [0.2, 0.25) is 0 Å². The molecule has 168 valence electrons. The van der Waals surface area contributed by atoms with Crippen molar-refractivity contribution in [3.05, 3.63) is 99.4 Å². The van der Waals surface area contributed by atoms with Crippen LogP contribution >= 0.6 is 27.7 Å². The first-order chi connectivity index (χ1) is 16.6. The van der Waals surface area contributed by atoms with E-state index >= 15 is 0 Å². The number of nitrogens with zero attached hydrogens (tertiary/aromatic N) is 3. The largest absolute Gasteiger partial charge is 0.361 e. The zero-order chi connectivity index (χ0) is 23.5. The molecule has 9 heteroatoms. The molecule has 0 fully saturated rings. The predicted molar refractivity (Wildman–Crippen MR) is 140 cm³/mol. The van der Waals surface area contributed by atoms with Crippen molar-refractivity contribution in [3.63, 3.8) is 0 Å². The van der Waals surface area contributed by atoms with E-state index in [0.29, 0.717) is 21.7 Å². The molecule has 0 saturated heterocycles. The fourth-order valence-corrected chi connectivity index (χ4v) is 4.63. The Hall–Kier alpha value is -3.69. The number of amides is 1. The van der Waals surface area contributed by atoms with Crippen molar-refractivity contribution in [3.8, 4) is 5.69 Å². The number of carbonyl (C=O) groups is 1. The maximum absolute atomic E-state index is 13.3. The molecule has 0 radical (unpaired) electrons. The number of nitrogens with one attached hydrogen (secondary N) is 2. The number of para-hydroxylation sites is 2. The highest BCUT2D eigenvalue weighted by atomic mass is 79.9. The molecule has 7 nitrogen and oxygen atoms in total. The van der Waals surface area contributed by atoms with Crippen LogP contribution in [0.5, 0.6) is 0 Å². The standard InChI is InChI=1S/C25H18BrN5O2S/c26-17-9-11-18(12-10-17)31-24(33)20-6-2-4-8-22(20)29-25(31)34-15-23(32)30-28-14-16-13-27-21-7-3-1-5-19(16)21/h1-14,27H,15H2,(H,30,32)/b28-14+. The van der Waals surface area contributed by atoms with Gasteiger partial charge in [0, 0.05) is 27.1 Å². The molecule has 0 bridgehead atoms. The first-order valence-electron chi connectivity index (χ1n) is 10.4. The van der Waals surface area contributed by atoms with E-state index in [2.05, 4.69) is 36.4 Å². The van der Waals surface area contributed by atoms with Crippen molar-refractivity contribution in [2.75, 3.05) is 5.75 Å². The summed E-state index contributed by atoms with van der Waals surface area (Å²) in [6.45, 7) is 0. The summed E-state index contributed by atoms with van der Waals surface area (Å²) in [5.74, 6) is -0.252. The number of aromatic amines is 1. The quantitative estimate of drug-likeness (QED) is 0.141. The molecular formula is C25H18BrN5O2S. The summed E-state index contributed by atoms with van der Waals surface area (Å²) < 4.78 is 2.43. The summed E-state index contributed by atoms with van der Waals surface area (Å²) in [6, 6.07) is 22.4. The summed E-state index contributed by atoms with van der Waals surface area (Å²) in [6.07, 6.45) is 3.44. The van der Waals surface area contributed by atoms with Crippen LogP contribution in [0.2, 0.25) is 0 Å². The lowest BCUT2D eigenvalue weighted by molar-refractivity contribution is -0.118. The van der Waals surface area contributed by atoms with Crippen LogP contribution in [0, 0.1) is 0 Å². The molecule has 0 atom stereocenters. The Morgan fingerprint density at radius 3 is 2.62 bits per heavy atom. The molecule has 0 unspecified atom stereocenters. The number of H-pyrrole nitrogens is 1. The Kier molecular flexibility index (Phi) is 6.29. The zero-order valence-electron chi connectivity index (χ0n) is 17.7. The fourth-order valence-electron chi connectivity index (χ4n) is 3.56. The molecule has 34 heavy (non-hydrogen) atoms. The molecule has 5 aromatic rings. The van der Waals surface area contributed by atoms with Gasteiger partial charge >= 0.3 is 0 Å². The SMILES string of the molecule is O=C(CSc1nc2ccccc2c(=O)n1-c1ccc(Br)cc1)N/N=C/c1c[nH]c2ccccc12. The Labute approximate surface area is 207 Å². The third-order valence-electron chi connectivity index (χ3n) is 5.18. The Balaban J connectivity index is 1.36. The molecule has 0 aliphatic rings. The van der Waals surface area contributed by atoms with Crippen molar-refractivity contribution in [2.45, 2.75) is 5.16 Å². The van der Waals surface area contributed by atoms with E-state index in [1.54, 1.807) is 18.3 Å². The van der Waals surface area contributed by atoms with Crippen LogP contribution in [-0.2, 0) is 4.79 Å². The number of fused-ring (bicyclic) bond motifs is 2. The first kappa shape index (κ1) is 22.1. The molecule has 2 aromatic heterocycles. The second-order valence-electron chi connectivity index (χ2n) is 7.40. The predicted octanol–water partition coefficient (Wildman–Crippen LogP) is 4.87. The number of hydrogen-bond acceptors (Lipinski definition) is 5. The number of rotatable bonds is 6. The molecule has 0 aliphatic carbocycles. The Bertz CT molecular complexity index is 1590. The number of carbonyl (C=O) groups excluding carboxylic acids is 1. The van der Waals surface area contributed by atoms with Crippen LogP contribution in [0.15, 0.2) is 98.5 Å². The third-order valence-corrected chi connectivity index (χ3v) is 6.64. The van der Waals surface area contributed by atoms with E-state index in [-0.39, 0.29) is 17.2 Å². The molecule has 3 aromatic carbocycles. The van der Waals surface area contributed by atoms with Gasteiger partial charge in [0.05, 0.1) is 28.6 Å². The molecule has 2 heterocycles. The highest BCUT2D eigenvalue weighted by Crippen LogP contribution is 2.22. The Morgan fingerprint density at radius 2 is 1.79 bits per heavy atom. The van der Waals surface area contributed by atoms with Crippen LogP contribution in [0.4, 0.5) is 0 Å². The van der Waals surface area contributed by atoms with Gasteiger partial charge in [0.15, 0.2) is 5.16 Å². The van der Waals surface area contributed by atoms with E-state index < -0.39 is 0 Å². The van der Waals surface area contributed by atoms with Gasteiger partial charge in [-0.2, -0.15) is 5.10 Å². The van der Waals surface area contributed by atoms with Crippen LogP contribution in [0.25, 0.3) is 27.5 Å². The van der Waals surface area contributed by atoms with Gasteiger partial charge in [-0.25, -0.2) is 10.4 Å². The molecule has 2 N–H and O–H groups in total. The first-order valence-corrected chi connectivity index (χ1v) is 12.2. The van der Waals surface area contributed by atoms with Gasteiger partial charge in [-0.15, -0.1) is 0 Å². The van der Waals surface area contributed by atoms with Crippen molar-refractivity contribution in [1.29, 1.82) is 0 Å². The van der Waals surface area contributed by atoms with Gasteiger partial charge in [-0.05, 0) is 42.5 Å². The second-order valence-corrected chi connectivity index (χ2v) is 9.26. The summed E-state index contributed by atoms with van der Waals surface area (Å²) >= 11 is 4.60. The normalized spacial score (nSPS) is 11.4. The van der Waals surface area contributed by atoms with Gasteiger partial charge < -0.3 is 4.98 Å². The third kappa shape index (κ3) is 4.52. The minimum Gasteiger partial charge on any atom is -0.361 e. The van der Waals surface area contributed by atoms with Crippen molar-refractivity contribution in [1.82, 2.24) is 20.0 Å². The minimum absolute atomic E-state index is 0.0481. The van der Waals surface area contributed by atoms with Gasteiger partial charge in [0.1, 0.15) is 0 Å². The lowest BCUT2D eigenvalue weighted by atomic mass is 10.2. The van der Waals surface area contributed by atoms with E-state index in [1.165, 1.54) is 16.3 Å². The monoisotopic (exact) mass is 531 g/mol. The van der Waals surface area contributed by atoms with Crippen molar-refractivity contribution >= 4 is 61.6 Å². The molecule has 1 amide bonds. The number of aromatic nitrogens is 3. The molecular weight excluding hydrogens is 514 g/mol. The number of thioether (sulfide) groups is 1. The molecule has 0 aliphatic heterocycles. The zero-order valence-corrected chi connectivity index (χ0v) is 20.1. The maximum Gasteiger partial charge on any atom is 0.266 e. The lowest BCUT2D eigenvalue weighted by Crippen LogP contribution is -2.24. The number of hydrazone groups is 1. The number of halogens is 1. The average Bonchev–Trinajstić information content (AvgIpc) is 3.27. The summed E-state index contributed by atoms with van der Waals surface area (Å²) in [5, 5.41) is 6.05. The van der Waals surface area contributed by atoms with E-state index in [1.807, 2.05) is 66.9 Å². The lowest BCUT2D eigenvalue weighted by Gasteiger charge is -2.13. The molecule has 5 rings (SSSR count). The highest BCUT2D eigenvalue weighted by molar-refractivity contribution is 9.10. The number of benzene rings is 3. The van der Waals surface area contributed by atoms with Gasteiger partial charge in [0.25, 0.3) is 11.5 Å².